The fourth-order valence-electron chi connectivity index (χ4n) is 2.95. The van der Waals surface area contributed by atoms with Gasteiger partial charge in [-0.1, -0.05) is 44.2 Å². The van der Waals surface area contributed by atoms with Gasteiger partial charge < -0.3 is 10.2 Å². The van der Waals surface area contributed by atoms with E-state index >= 15 is 0 Å². The lowest BCUT2D eigenvalue weighted by Gasteiger charge is -2.18. The van der Waals surface area contributed by atoms with Gasteiger partial charge in [-0.2, -0.15) is 0 Å². The number of amides is 1. The Hall–Kier alpha value is -1.88. The van der Waals surface area contributed by atoms with Crippen LogP contribution in [-0.4, -0.2) is 42.0 Å². The monoisotopic (exact) mass is 393 g/mol. The first kappa shape index (κ1) is 22.2. The van der Waals surface area contributed by atoms with Crippen molar-refractivity contribution in [1.29, 1.82) is 0 Å². The number of benzene rings is 2. The number of hydrogen-bond donors (Lipinski definition) is 1. The van der Waals surface area contributed by atoms with Gasteiger partial charge in [0.25, 0.3) is 5.91 Å². The number of carbonyl (C=O) groups excluding carboxylic acids is 1. The van der Waals surface area contributed by atoms with Crippen LogP contribution in [0.4, 0.5) is 0 Å². The highest BCUT2D eigenvalue weighted by Gasteiger charge is 2.12. The van der Waals surface area contributed by atoms with E-state index in [1.165, 1.54) is 0 Å². The summed E-state index contributed by atoms with van der Waals surface area (Å²) in [5.41, 5.74) is 2.31. The summed E-state index contributed by atoms with van der Waals surface area (Å²) in [6.07, 6.45) is 0. The van der Waals surface area contributed by atoms with Crippen LogP contribution in [0.3, 0.4) is 0 Å². The van der Waals surface area contributed by atoms with Gasteiger partial charge in [-0.3, -0.25) is 4.79 Å². The molecular formula is C20H25Cl2N3O. The quantitative estimate of drug-likeness (QED) is 0.634. The fraction of sp³-hybridized carbons (Fsp3) is 0.300. The molecule has 0 aliphatic rings. The largest absolute Gasteiger partial charge is 0.351 e. The van der Waals surface area contributed by atoms with E-state index < -0.39 is 0 Å². The number of halogens is 2. The van der Waals surface area contributed by atoms with E-state index in [9.17, 15) is 4.79 Å². The number of para-hydroxylation sites is 2. The lowest BCUT2D eigenvalue weighted by molar-refractivity contribution is 0.0950. The number of carbonyl (C=O) groups is 1. The molecule has 6 heteroatoms. The van der Waals surface area contributed by atoms with E-state index in [-0.39, 0.29) is 30.7 Å². The first-order chi connectivity index (χ1) is 11.7. The molecule has 0 spiro atoms. The van der Waals surface area contributed by atoms with Crippen LogP contribution in [0, 0.1) is 0 Å². The average Bonchev–Trinajstić information content (AvgIpc) is 2.63. The second-order valence-electron chi connectivity index (χ2n) is 5.84. The number of likely N-dealkylation sites (N-methyl/N-ethyl adjacent to an activating group) is 1. The number of hydrogen-bond acceptors (Lipinski definition) is 3. The Morgan fingerprint density at radius 2 is 1.69 bits per heavy atom. The Kier molecular flexibility index (Phi) is 8.79. The third-order valence-electron chi connectivity index (χ3n) is 4.40. The lowest BCUT2D eigenvalue weighted by Crippen LogP contribution is -2.34. The zero-order valence-electron chi connectivity index (χ0n) is 15.1. The van der Waals surface area contributed by atoms with Gasteiger partial charge in [-0.25, -0.2) is 4.98 Å². The van der Waals surface area contributed by atoms with Crippen molar-refractivity contribution in [2.45, 2.75) is 13.8 Å². The van der Waals surface area contributed by atoms with Crippen molar-refractivity contribution < 1.29 is 4.79 Å². The van der Waals surface area contributed by atoms with Gasteiger partial charge in [0.2, 0.25) is 0 Å². The molecular weight excluding hydrogens is 369 g/mol. The lowest BCUT2D eigenvalue weighted by atomic mass is 10.1. The van der Waals surface area contributed by atoms with E-state index in [2.05, 4.69) is 30.1 Å². The van der Waals surface area contributed by atoms with Crippen molar-refractivity contribution in [3.8, 4) is 0 Å². The highest BCUT2D eigenvalue weighted by molar-refractivity contribution is 6.07. The maximum atomic E-state index is 12.6. The normalized spacial score (nSPS) is 10.4. The van der Waals surface area contributed by atoms with E-state index in [0.29, 0.717) is 12.1 Å². The number of aromatic nitrogens is 1. The summed E-state index contributed by atoms with van der Waals surface area (Å²) < 4.78 is 0. The van der Waals surface area contributed by atoms with Gasteiger partial charge in [-0.05, 0) is 31.3 Å². The molecule has 0 atom stereocenters. The molecule has 0 bridgehead atoms. The molecule has 4 nitrogen and oxygen atoms in total. The molecule has 26 heavy (non-hydrogen) atoms. The molecule has 140 valence electrons. The van der Waals surface area contributed by atoms with Crippen LogP contribution >= 0.6 is 24.8 Å². The van der Waals surface area contributed by atoms with Crippen molar-refractivity contribution in [1.82, 2.24) is 15.2 Å². The molecule has 1 amide bonds. The van der Waals surface area contributed by atoms with Crippen LogP contribution in [0.15, 0.2) is 48.5 Å². The van der Waals surface area contributed by atoms with Gasteiger partial charge in [0.05, 0.1) is 16.6 Å². The molecule has 3 aromatic rings. The highest BCUT2D eigenvalue weighted by atomic mass is 35.5. The first-order valence-corrected chi connectivity index (χ1v) is 8.52. The summed E-state index contributed by atoms with van der Waals surface area (Å²) in [6.45, 7) is 7.75. The van der Waals surface area contributed by atoms with Crippen molar-refractivity contribution in [2.24, 2.45) is 0 Å². The number of rotatable bonds is 6. The van der Waals surface area contributed by atoms with Gasteiger partial charge in [0.15, 0.2) is 0 Å². The number of nitrogens with zero attached hydrogens (tertiary/aromatic N) is 2. The van der Waals surface area contributed by atoms with Crippen molar-refractivity contribution in [3.63, 3.8) is 0 Å². The molecule has 1 N–H and O–H groups in total. The number of fused-ring (bicyclic) bond motifs is 2. The van der Waals surface area contributed by atoms with Crippen LogP contribution in [0.2, 0.25) is 0 Å². The second-order valence-corrected chi connectivity index (χ2v) is 5.84. The third-order valence-corrected chi connectivity index (χ3v) is 4.40. The Balaban J connectivity index is 0.00000169. The van der Waals surface area contributed by atoms with E-state index in [0.717, 1.165) is 41.4 Å². The van der Waals surface area contributed by atoms with Crippen LogP contribution in [0.25, 0.3) is 21.8 Å². The molecule has 0 saturated carbocycles. The van der Waals surface area contributed by atoms with Crippen molar-refractivity contribution in [3.05, 3.63) is 54.1 Å². The van der Waals surface area contributed by atoms with Gasteiger partial charge >= 0.3 is 0 Å². The highest BCUT2D eigenvalue weighted by Crippen LogP contribution is 2.22. The molecule has 1 aromatic heterocycles. The minimum absolute atomic E-state index is 0. The van der Waals surface area contributed by atoms with Crippen LogP contribution in [-0.2, 0) is 0 Å². The molecule has 2 aromatic carbocycles. The van der Waals surface area contributed by atoms with Crippen molar-refractivity contribution in [2.75, 3.05) is 26.2 Å². The van der Waals surface area contributed by atoms with Crippen LogP contribution in [0.5, 0.6) is 0 Å². The topological polar surface area (TPSA) is 45.2 Å². The smallest absolute Gasteiger partial charge is 0.253 e. The van der Waals surface area contributed by atoms with Gasteiger partial charge in [0.1, 0.15) is 0 Å². The third kappa shape index (κ3) is 4.85. The summed E-state index contributed by atoms with van der Waals surface area (Å²) in [4.78, 5) is 19.6. The molecule has 0 unspecified atom stereocenters. The predicted molar refractivity (Wildman–Crippen MR) is 114 cm³/mol. The van der Waals surface area contributed by atoms with Crippen LogP contribution in [0.1, 0.15) is 24.2 Å². The van der Waals surface area contributed by atoms with E-state index in [1.807, 2.05) is 42.5 Å². The van der Waals surface area contributed by atoms with E-state index in [1.54, 1.807) is 0 Å². The maximum Gasteiger partial charge on any atom is 0.253 e. The average molecular weight is 394 g/mol. The zero-order chi connectivity index (χ0) is 16.9. The zero-order valence-corrected chi connectivity index (χ0v) is 16.7. The molecule has 1 heterocycles. The fourth-order valence-corrected chi connectivity index (χ4v) is 2.95. The Bertz CT molecular complexity index is 866. The number of nitrogens with one attached hydrogen (secondary N) is 1. The van der Waals surface area contributed by atoms with Crippen molar-refractivity contribution >= 4 is 52.5 Å². The first-order valence-electron chi connectivity index (χ1n) is 8.52. The minimum Gasteiger partial charge on any atom is -0.351 e. The predicted octanol–water partition coefficient (Wildman–Crippen LogP) is 4.30. The molecule has 3 rings (SSSR count). The standard InChI is InChI=1S/C20H23N3O.2ClH/c1-3-23(4-2)13-12-21-20(24)17-10-7-9-16-14-15-8-5-6-11-18(15)22-19(16)17;;/h5-11,14H,3-4,12-13H2,1-2H3,(H,21,24);2*1H. The Morgan fingerprint density at radius 3 is 2.42 bits per heavy atom. The van der Waals surface area contributed by atoms with E-state index in [4.69, 9.17) is 4.98 Å². The summed E-state index contributed by atoms with van der Waals surface area (Å²) in [6, 6.07) is 15.8. The maximum absolute atomic E-state index is 12.6. The summed E-state index contributed by atoms with van der Waals surface area (Å²) in [7, 11) is 0. The Morgan fingerprint density at radius 1 is 1.00 bits per heavy atom. The Labute approximate surface area is 166 Å². The SMILES string of the molecule is CCN(CC)CCNC(=O)c1cccc2cc3ccccc3nc12.Cl.Cl. The molecule has 0 radical (unpaired) electrons. The van der Waals surface area contributed by atoms with Crippen LogP contribution < -0.4 is 5.32 Å². The second kappa shape index (κ2) is 10.3. The van der Waals surface area contributed by atoms with Gasteiger partial charge in [-0.15, -0.1) is 24.8 Å². The molecule has 0 fully saturated rings. The summed E-state index contributed by atoms with van der Waals surface area (Å²) >= 11 is 0. The molecule has 0 aliphatic carbocycles. The molecule has 0 aliphatic heterocycles. The number of pyridine rings is 1. The summed E-state index contributed by atoms with van der Waals surface area (Å²) in [5, 5.41) is 5.10. The minimum atomic E-state index is -0.0597. The van der Waals surface area contributed by atoms with Gasteiger partial charge in [0, 0.05) is 23.9 Å². The summed E-state index contributed by atoms with van der Waals surface area (Å²) in [5.74, 6) is -0.0597. The molecule has 0 saturated heterocycles.